The fraction of sp³-hybridized carbons (Fsp3) is 0.0909. The highest BCUT2D eigenvalue weighted by Crippen LogP contribution is 2.30. The number of benzene rings is 1. The standard InChI is InChI=1S/C11H7BrCl2N2S/c1-17-7-4-2-6(3-5-7)11-15-9(13)8(12)10(14)16-11/h2-5H,1H3. The molecule has 1 heterocycles. The molecule has 88 valence electrons. The largest absolute Gasteiger partial charge is 0.215 e. The van der Waals surface area contributed by atoms with Crippen LogP contribution in [0.2, 0.25) is 10.3 Å². The number of hydrogen-bond acceptors (Lipinski definition) is 3. The van der Waals surface area contributed by atoms with Gasteiger partial charge in [-0.05, 0) is 34.3 Å². The summed E-state index contributed by atoms with van der Waals surface area (Å²) in [5.41, 5.74) is 0.888. The van der Waals surface area contributed by atoms with Crippen LogP contribution in [0.1, 0.15) is 0 Å². The highest BCUT2D eigenvalue weighted by molar-refractivity contribution is 9.10. The van der Waals surface area contributed by atoms with E-state index in [1.54, 1.807) is 11.8 Å². The fourth-order valence-corrected chi connectivity index (χ4v) is 2.24. The van der Waals surface area contributed by atoms with E-state index in [1.807, 2.05) is 30.5 Å². The van der Waals surface area contributed by atoms with Crippen molar-refractivity contribution >= 4 is 50.9 Å². The Labute approximate surface area is 122 Å². The van der Waals surface area contributed by atoms with E-state index < -0.39 is 0 Å². The lowest BCUT2D eigenvalue weighted by molar-refractivity contribution is 1.16. The van der Waals surface area contributed by atoms with E-state index in [0.29, 0.717) is 20.6 Å². The third-order valence-electron chi connectivity index (χ3n) is 2.12. The normalized spacial score (nSPS) is 10.6. The van der Waals surface area contributed by atoms with Gasteiger partial charge in [0.15, 0.2) is 5.82 Å². The van der Waals surface area contributed by atoms with Crippen LogP contribution in [0, 0.1) is 0 Å². The Kier molecular flexibility index (Phi) is 4.31. The van der Waals surface area contributed by atoms with Crippen LogP contribution < -0.4 is 0 Å². The van der Waals surface area contributed by atoms with Crippen molar-refractivity contribution in [1.29, 1.82) is 0 Å². The van der Waals surface area contributed by atoms with Crippen LogP contribution in [0.3, 0.4) is 0 Å². The SMILES string of the molecule is CSc1ccc(-c2nc(Cl)c(Br)c(Cl)n2)cc1. The van der Waals surface area contributed by atoms with Crippen LogP contribution in [0.15, 0.2) is 33.6 Å². The van der Waals surface area contributed by atoms with Gasteiger partial charge in [0.25, 0.3) is 0 Å². The molecule has 0 spiro atoms. The Morgan fingerprint density at radius 2 is 1.59 bits per heavy atom. The maximum Gasteiger partial charge on any atom is 0.162 e. The molecule has 2 rings (SSSR count). The van der Waals surface area contributed by atoms with E-state index in [-0.39, 0.29) is 0 Å². The molecule has 6 heteroatoms. The molecule has 0 fully saturated rings. The zero-order chi connectivity index (χ0) is 12.4. The fourth-order valence-electron chi connectivity index (χ4n) is 1.26. The Balaban J connectivity index is 2.45. The molecule has 0 aliphatic carbocycles. The molecular formula is C11H7BrCl2N2S. The molecule has 0 unspecified atom stereocenters. The van der Waals surface area contributed by atoms with Crippen molar-refractivity contribution in [3.05, 3.63) is 39.0 Å². The summed E-state index contributed by atoms with van der Waals surface area (Å²) in [4.78, 5) is 9.53. The summed E-state index contributed by atoms with van der Waals surface area (Å²) in [6.45, 7) is 0. The van der Waals surface area contributed by atoms with Gasteiger partial charge in [-0.1, -0.05) is 35.3 Å². The summed E-state index contributed by atoms with van der Waals surface area (Å²) in [7, 11) is 0. The summed E-state index contributed by atoms with van der Waals surface area (Å²) < 4.78 is 0.519. The van der Waals surface area contributed by atoms with E-state index in [4.69, 9.17) is 23.2 Å². The Hall–Kier alpha value is -0.290. The van der Waals surface area contributed by atoms with Gasteiger partial charge in [0.05, 0.1) is 4.47 Å². The lowest BCUT2D eigenvalue weighted by atomic mass is 10.2. The highest BCUT2D eigenvalue weighted by atomic mass is 79.9. The third kappa shape index (κ3) is 2.94. The van der Waals surface area contributed by atoms with Crippen molar-refractivity contribution in [3.8, 4) is 11.4 Å². The summed E-state index contributed by atoms with van der Waals surface area (Å²) in [5, 5.41) is 0.628. The predicted octanol–water partition coefficient (Wildman–Crippen LogP) is 4.93. The zero-order valence-electron chi connectivity index (χ0n) is 8.75. The molecule has 0 aliphatic rings. The third-order valence-corrected chi connectivity index (χ3v) is 4.62. The van der Waals surface area contributed by atoms with Crippen LogP contribution >= 0.6 is 50.9 Å². The number of rotatable bonds is 2. The second-order valence-electron chi connectivity index (χ2n) is 3.17. The summed E-state index contributed by atoms with van der Waals surface area (Å²) in [6.07, 6.45) is 2.03. The number of thioether (sulfide) groups is 1. The molecule has 0 radical (unpaired) electrons. The molecule has 0 saturated carbocycles. The van der Waals surface area contributed by atoms with Gasteiger partial charge in [-0.25, -0.2) is 9.97 Å². The number of hydrogen-bond donors (Lipinski definition) is 0. The summed E-state index contributed by atoms with van der Waals surface area (Å²) in [5.74, 6) is 0.524. The van der Waals surface area contributed by atoms with Gasteiger partial charge in [-0.2, -0.15) is 0 Å². The Morgan fingerprint density at radius 3 is 2.06 bits per heavy atom. The average Bonchev–Trinajstić information content (AvgIpc) is 2.35. The van der Waals surface area contributed by atoms with Gasteiger partial charge in [0, 0.05) is 10.5 Å². The minimum absolute atomic E-state index is 0.314. The summed E-state index contributed by atoms with van der Waals surface area (Å²) >= 11 is 16.8. The van der Waals surface area contributed by atoms with Gasteiger partial charge < -0.3 is 0 Å². The van der Waals surface area contributed by atoms with E-state index in [2.05, 4.69) is 25.9 Å². The van der Waals surface area contributed by atoms with Crippen molar-refractivity contribution in [3.63, 3.8) is 0 Å². The minimum atomic E-state index is 0.314. The first-order chi connectivity index (χ1) is 8.11. The molecule has 2 aromatic rings. The topological polar surface area (TPSA) is 25.8 Å². The maximum atomic E-state index is 5.94. The van der Waals surface area contributed by atoms with Crippen molar-refractivity contribution in [2.24, 2.45) is 0 Å². The van der Waals surface area contributed by atoms with Crippen molar-refractivity contribution in [2.45, 2.75) is 4.90 Å². The average molecular weight is 350 g/mol. The molecule has 0 saturated heterocycles. The van der Waals surface area contributed by atoms with Crippen LogP contribution in [0.4, 0.5) is 0 Å². The molecule has 0 bridgehead atoms. The zero-order valence-corrected chi connectivity index (χ0v) is 12.7. The Bertz CT molecular complexity index is 523. The van der Waals surface area contributed by atoms with Crippen LogP contribution in [-0.2, 0) is 0 Å². The molecular weight excluding hydrogens is 343 g/mol. The Morgan fingerprint density at radius 1 is 1.06 bits per heavy atom. The van der Waals surface area contributed by atoms with Crippen molar-refractivity contribution < 1.29 is 0 Å². The second-order valence-corrected chi connectivity index (χ2v) is 5.56. The first kappa shape index (κ1) is 13.1. The van der Waals surface area contributed by atoms with Crippen molar-refractivity contribution in [2.75, 3.05) is 6.26 Å². The molecule has 0 aliphatic heterocycles. The molecule has 1 aromatic heterocycles. The lowest BCUT2D eigenvalue weighted by Gasteiger charge is -2.04. The van der Waals surface area contributed by atoms with Gasteiger partial charge in [0.2, 0.25) is 0 Å². The van der Waals surface area contributed by atoms with Crippen LogP contribution in [-0.4, -0.2) is 16.2 Å². The van der Waals surface area contributed by atoms with Gasteiger partial charge in [-0.3, -0.25) is 0 Å². The monoisotopic (exact) mass is 348 g/mol. The molecule has 2 nitrogen and oxygen atoms in total. The molecule has 0 atom stereocenters. The summed E-state index contributed by atoms with van der Waals surface area (Å²) in [6, 6.07) is 7.91. The van der Waals surface area contributed by atoms with Gasteiger partial charge in [-0.15, -0.1) is 11.8 Å². The lowest BCUT2D eigenvalue weighted by Crippen LogP contribution is -1.91. The maximum absolute atomic E-state index is 5.94. The molecule has 1 aromatic carbocycles. The van der Waals surface area contributed by atoms with E-state index >= 15 is 0 Å². The number of halogens is 3. The van der Waals surface area contributed by atoms with E-state index in [9.17, 15) is 0 Å². The molecule has 17 heavy (non-hydrogen) atoms. The van der Waals surface area contributed by atoms with Gasteiger partial charge in [0.1, 0.15) is 10.3 Å². The quantitative estimate of drug-likeness (QED) is 0.567. The molecule has 0 amide bonds. The van der Waals surface area contributed by atoms with Crippen LogP contribution in [0.5, 0.6) is 0 Å². The smallest absolute Gasteiger partial charge is 0.162 e. The molecule has 0 N–H and O–H groups in total. The van der Waals surface area contributed by atoms with Crippen LogP contribution in [0.25, 0.3) is 11.4 Å². The first-order valence-electron chi connectivity index (χ1n) is 4.65. The number of aromatic nitrogens is 2. The van der Waals surface area contributed by atoms with Gasteiger partial charge >= 0.3 is 0 Å². The van der Waals surface area contributed by atoms with Crippen molar-refractivity contribution in [1.82, 2.24) is 9.97 Å². The second kappa shape index (κ2) is 5.57. The number of nitrogens with zero attached hydrogens (tertiary/aromatic N) is 2. The first-order valence-corrected chi connectivity index (χ1v) is 7.42. The highest BCUT2D eigenvalue weighted by Gasteiger charge is 2.10. The minimum Gasteiger partial charge on any atom is -0.215 e. The predicted molar refractivity (Wildman–Crippen MR) is 77.0 cm³/mol. The van der Waals surface area contributed by atoms with E-state index in [0.717, 1.165) is 5.56 Å². The van der Waals surface area contributed by atoms with E-state index in [1.165, 1.54) is 4.90 Å².